The maximum Gasteiger partial charge on any atom is 0.240 e. The zero-order chi connectivity index (χ0) is 21.4. The number of nitrogens with zero attached hydrogens (tertiary/aromatic N) is 1. The third kappa shape index (κ3) is 3.58. The predicted octanol–water partition coefficient (Wildman–Crippen LogP) is 3.80. The maximum atomic E-state index is 13.5. The Morgan fingerprint density at radius 3 is 2.68 bits per heavy atom. The Bertz CT molecular complexity index is 1120. The number of benzene rings is 2. The lowest BCUT2D eigenvalue weighted by Crippen LogP contribution is -2.48. The smallest absolute Gasteiger partial charge is 0.240 e. The van der Waals surface area contributed by atoms with Crippen molar-refractivity contribution in [2.75, 3.05) is 18.1 Å². The topological polar surface area (TPSA) is 71.8 Å². The fourth-order valence-electron chi connectivity index (χ4n) is 4.43. The molecule has 0 saturated heterocycles. The van der Waals surface area contributed by atoms with Gasteiger partial charge in [0.05, 0.1) is 12.0 Å². The number of carbonyl (C=O) groups excluding carboxylic acids is 2. The minimum Gasteiger partial charge on any atom is -0.492 e. The van der Waals surface area contributed by atoms with E-state index < -0.39 is 5.41 Å². The first-order chi connectivity index (χ1) is 15.1. The van der Waals surface area contributed by atoms with Gasteiger partial charge in [-0.2, -0.15) is 0 Å². The van der Waals surface area contributed by atoms with Crippen molar-refractivity contribution in [3.63, 3.8) is 0 Å². The summed E-state index contributed by atoms with van der Waals surface area (Å²) in [5.41, 5.74) is 1.31. The number of nitrogens with one attached hydrogen (secondary N) is 1. The molecule has 6 heteroatoms. The number of amides is 2. The first-order valence-corrected chi connectivity index (χ1v) is 10.5. The molecule has 1 aliphatic carbocycles. The average molecular weight is 416 g/mol. The largest absolute Gasteiger partial charge is 0.492 e. The third-order valence-corrected chi connectivity index (χ3v) is 6.15. The Morgan fingerprint density at radius 2 is 1.90 bits per heavy atom. The third-order valence-electron chi connectivity index (χ3n) is 6.15. The van der Waals surface area contributed by atoms with Crippen LogP contribution in [0.5, 0.6) is 5.75 Å². The van der Waals surface area contributed by atoms with E-state index in [2.05, 4.69) is 5.32 Å². The Labute approximate surface area is 180 Å². The first-order valence-electron chi connectivity index (χ1n) is 10.5. The molecule has 31 heavy (non-hydrogen) atoms. The molecule has 2 aliphatic rings. The molecule has 1 saturated carbocycles. The van der Waals surface area contributed by atoms with Gasteiger partial charge < -0.3 is 19.4 Å². The molecule has 0 spiro atoms. The highest BCUT2D eigenvalue weighted by Gasteiger charge is 2.66. The second kappa shape index (κ2) is 7.61. The normalized spacial score (nSPS) is 21.3. The van der Waals surface area contributed by atoms with Crippen LogP contribution < -0.4 is 15.0 Å². The summed E-state index contributed by atoms with van der Waals surface area (Å²) in [7, 11) is 0. The molecular weight excluding hydrogens is 392 g/mol. The Balaban J connectivity index is 1.33. The second-order valence-electron chi connectivity index (χ2n) is 8.25. The van der Waals surface area contributed by atoms with Gasteiger partial charge in [0.2, 0.25) is 11.8 Å². The van der Waals surface area contributed by atoms with Crippen LogP contribution in [0, 0.1) is 12.3 Å². The van der Waals surface area contributed by atoms with Crippen molar-refractivity contribution in [3.8, 4) is 5.75 Å². The van der Waals surface area contributed by atoms with Gasteiger partial charge in [-0.15, -0.1) is 0 Å². The van der Waals surface area contributed by atoms with Gasteiger partial charge >= 0.3 is 0 Å². The van der Waals surface area contributed by atoms with Crippen molar-refractivity contribution in [2.24, 2.45) is 5.41 Å². The summed E-state index contributed by atoms with van der Waals surface area (Å²) in [4.78, 5) is 27.8. The van der Waals surface area contributed by atoms with Crippen molar-refractivity contribution in [1.29, 1.82) is 0 Å². The minimum absolute atomic E-state index is 0.0324. The molecule has 1 aliphatic heterocycles. The number of fused-ring (bicyclic) bond motifs is 3. The lowest BCUT2D eigenvalue weighted by Gasteiger charge is -2.33. The monoisotopic (exact) mass is 416 g/mol. The molecule has 3 aromatic rings. The Morgan fingerprint density at radius 1 is 1.13 bits per heavy atom. The molecule has 1 aromatic heterocycles. The Kier molecular flexibility index (Phi) is 4.77. The number of ether oxygens (including phenoxy) is 1. The van der Waals surface area contributed by atoms with Gasteiger partial charge in [0.15, 0.2) is 0 Å². The van der Waals surface area contributed by atoms with Crippen LogP contribution in [0.25, 0.3) is 0 Å². The van der Waals surface area contributed by atoms with Crippen LogP contribution in [0.1, 0.15) is 29.4 Å². The van der Waals surface area contributed by atoms with E-state index in [9.17, 15) is 9.59 Å². The van der Waals surface area contributed by atoms with E-state index in [0.29, 0.717) is 18.9 Å². The molecule has 6 nitrogen and oxygen atoms in total. The molecular formula is C25H24N2O4. The molecule has 0 unspecified atom stereocenters. The van der Waals surface area contributed by atoms with Crippen molar-refractivity contribution in [2.45, 2.75) is 25.8 Å². The van der Waals surface area contributed by atoms with Crippen LogP contribution in [0.4, 0.5) is 5.69 Å². The van der Waals surface area contributed by atoms with E-state index in [1.807, 2.05) is 73.7 Å². The van der Waals surface area contributed by atoms with Crippen LogP contribution in [-0.4, -0.2) is 25.0 Å². The number of furan rings is 1. The van der Waals surface area contributed by atoms with Crippen molar-refractivity contribution >= 4 is 17.5 Å². The number of hydrogen-bond donors (Lipinski definition) is 1. The summed E-state index contributed by atoms with van der Waals surface area (Å²) in [5.74, 6) is 2.08. The summed E-state index contributed by atoms with van der Waals surface area (Å²) in [5, 5.41) is 2.85. The summed E-state index contributed by atoms with van der Waals surface area (Å²) < 4.78 is 11.5. The van der Waals surface area contributed by atoms with Crippen molar-refractivity contribution in [1.82, 2.24) is 5.32 Å². The standard InChI is InChI=1S/C25H24N2O4/c1-17-11-12-19(31-17)14-26-23(28)15-27-22-10-6-5-9-20(22)21-13-25(21,24(27)29)16-30-18-7-3-2-4-8-18/h2-12,21H,13-16H2,1H3,(H,26,28)/t21-,25+/m0/s1. The fourth-order valence-corrected chi connectivity index (χ4v) is 4.43. The first kappa shape index (κ1) is 19.4. The number of anilines is 1. The number of para-hydroxylation sites is 2. The minimum atomic E-state index is -0.609. The Hall–Kier alpha value is -3.54. The molecule has 2 atom stereocenters. The SMILES string of the molecule is Cc1ccc(CNC(=O)CN2C(=O)[C@@]3(COc4ccccc4)C[C@H]3c3ccccc32)o1. The van der Waals surface area contributed by atoms with Gasteiger partial charge in [-0.05, 0) is 49.2 Å². The summed E-state index contributed by atoms with van der Waals surface area (Å²) >= 11 is 0. The number of carbonyl (C=O) groups is 2. The van der Waals surface area contributed by atoms with Crippen molar-refractivity contribution in [3.05, 3.63) is 83.8 Å². The van der Waals surface area contributed by atoms with E-state index in [0.717, 1.165) is 29.2 Å². The van der Waals surface area contributed by atoms with E-state index in [4.69, 9.17) is 9.15 Å². The molecule has 0 radical (unpaired) electrons. The van der Waals surface area contributed by atoms with Crippen molar-refractivity contribution < 1.29 is 18.7 Å². The van der Waals surface area contributed by atoms with Crippen LogP contribution in [-0.2, 0) is 16.1 Å². The highest BCUT2D eigenvalue weighted by molar-refractivity contribution is 6.07. The number of aryl methyl sites for hydroxylation is 1. The molecule has 0 bridgehead atoms. The van der Waals surface area contributed by atoms with Gasteiger partial charge in [0, 0.05) is 11.6 Å². The van der Waals surface area contributed by atoms with Gasteiger partial charge in [-0.3, -0.25) is 9.59 Å². The molecule has 2 heterocycles. The number of rotatable bonds is 7. The lowest BCUT2D eigenvalue weighted by atomic mass is 9.92. The quantitative estimate of drug-likeness (QED) is 0.636. The summed E-state index contributed by atoms with van der Waals surface area (Å²) in [6, 6.07) is 21.1. The zero-order valence-corrected chi connectivity index (χ0v) is 17.3. The zero-order valence-electron chi connectivity index (χ0n) is 17.3. The van der Waals surface area contributed by atoms with Gasteiger partial charge in [0.25, 0.3) is 0 Å². The second-order valence-corrected chi connectivity index (χ2v) is 8.25. The highest BCUT2D eigenvalue weighted by Crippen LogP contribution is 2.65. The number of hydrogen-bond acceptors (Lipinski definition) is 4. The molecule has 2 amide bonds. The van der Waals surface area contributed by atoms with Gasteiger partial charge in [-0.1, -0.05) is 36.4 Å². The molecule has 1 fully saturated rings. The molecule has 2 aromatic carbocycles. The van der Waals surface area contributed by atoms with E-state index in [1.54, 1.807) is 4.90 Å². The van der Waals surface area contributed by atoms with E-state index in [1.165, 1.54) is 0 Å². The van der Waals surface area contributed by atoms with Gasteiger partial charge in [-0.25, -0.2) is 0 Å². The fraction of sp³-hybridized carbons (Fsp3) is 0.280. The predicted molar refractivity (Wildman–Crippen MR) is 116 cm³/mol. The van der Waals surface area contributed by atoms with E-state index >= 15 is 0 Å². The average Bonchev–Trinajstić information content (AvgIpc) is 3.41. The van der Waals surface area contributed by atoms with Crippen LogP contribution >= 0.6 is 0 Å². The van der Waals surface area contributed by atoms with Gasteiger partial charge in [0.1, 0.15) is 30.4 Å². The summed E-state index contributed by atoms with van der Waals surface area (Å²) in [6.07, 6.45) is 0.736. The molecule has 158 valence electrons. The molecule has 5 rings (SSSR count). The summed E-state index contributed by atoms with van der Waals surface area (Å²) in [6.45, 7) is 2.42. The van der Waals surface area contributed by atoms with Crippen LogP contribution in [0.15, 0.2) is 71.1 Å². The van der Waals surface area contributed by atoms with Crippen LogP contribution in [0.3, 0.4) is 0 Å². The molecule has 1 N–H and O–H groups in total. The highest BCUT2D eigenvalue weighted by atomic mass is 16.5. The van der Waals surface area contributed by atoms with E-state index in [-0.39, 0.29) is 24.3 Å². The lowest BCUT2D eigenvalue weighted by molar-refractivity contribution is -0.128. The maximum absolute atomic E-state index is 13.5. The van der Waals surface area contributed by atoms with Crippen LogP contribution in [0.2, 0.25) is 0 Å².